The number of likely N-dealkylation sites (N-methyl/N-ethyl adjacent to an activating group) is 1. The minimum atomic E-state index is 0.737. The Morgan fingerprint density at radius 1 is 1.57 bits per heavy atom. The zero-order chi connectivity index (χ0) is 10.4. The van der Waals surface area contributed by atoms with Crippen molar-refractivity contribution in [3.8, 4) is 0 Å². The molecule has 1 rings (SSSR count). The van der Waals surface area contributed by atoms with E-state index in [-0.39, 0.29) is 0 Å². The van der Waals surface area contributed by atoms with E-state index in [2.05, 4.69) is 34.9 Å². The monoisotopic (exact) mass is 195 g/mol. The Hall–Kier alpha value is -0.830. The van der Waals surface area contributed by atoms with Crippen molar-refractivity contribution in [2.24, 2.45) is 5.92 Å². The molecule has 0 fully saturated rings. The lowest BCUT2D eigenvalue weighted by Crippen LogP contribution is -2.10. The maximum absolute atomic E-state index is 4.36. The smallest absolute Gasteiger partial charge is 0.0949 e. The van der Waals surface area contributed by atoms with Crippen molar-refractivity contribution < 1.29 is 0 Å². The van der Waals surface area contributed by atoms with Crippen LogP contribution in [-0.2, 0) is 13.0 Å². The van der Waals surface area contributed by atoms with E-state index in [1.54, 1.807) is 0 Å². The van der Waals surface area contributed by atoms with Crippen molar-refractivity contribution in [2.45, 2.75) is 33.2 Å². The van der Waals surface area contributed by atoms with Gasteiger partial charge in [0, 0.05) is 25.7 Å². The predicted octanol–water partition coefficient (Wildman–Crippen LogP) is 1.69. The molecule has 0 spiro atoms. The van der Waals surface area contributed by atoms with Crippen LogP contribution in [0.4, 0.5) is 0 Å². The molecule has 3 nitrogen and oxygen atoms in total. The predicted molar refractivity (Wildman–Crippen MR) is 59.3 cm³/mol. The summed E-state index contributed by atoms with van der Waals surface area (Å²) in [6.45, 7) is 6.58. The van der Waals surface area contributed by atoms with Gasteiger partial charge in [0.15, 0.2) is 0 Å². The summed E-state index contributed by atoms with van der Waals surface area (Å²) < 4.78 is 2.19. The molecule has 1 aromatic rings. The number of imidazole rings is 1. The summed E-state index contributed by atoms with van der Waals surface area (Å²) in [5, 5.41) is 3.13. The van der Waals surface area contributed by atoms with E-state index >= 15 is 0 Å². The molecule has 0 saturated heterocycles. The van der Waals surface area contributed by atoms with E-state index < -0.39 is 0 Å². The summed E-state index contributed by atoms with van der Waals surface area (Å²) in [7, 11) is 1.97. The standard InChI is InChI=1S/C11H21N3/c1-4-10(2)7-14-8-11(13-9-14)5-6-12-3/h8-10,12H,4-7H2,1-3H3. The fourth-order valence-corrected chi connectivity index (χ4v) is 1.38. The molecule has 1 unspecified atom stereocenters. The number of hydrogen-bond acceptors (Lipinski definition) is 2. The van der Waals surface area contributed by atoms with Crippen molar-refractivity contribution in [1.82, 2.24) is 14.9 Å². The first-order valence-electron chi connectivity index (χ1n) is 5.41. The van der Waals surface area contributed by atoms with E-state index in [1.165, 1.54) is 12.1 Å². The van der Waals surface area contributed by atoms with Crippen molar-refractivity contribution in [3.63, 3.8) is 0 Å². The van der Waals surface area contributed by atoms with Gasteiger partial charge in [0.25, 0.3) is 0 Å². The first kappa shape index (κ1) is 11.2. The van der Waals surface area contributed by atoms with Crippen LogP contribution in [0.25, 0.3) is 0 Å². The number of rotatable bonds is 6. The third-order valence-electron chi connectivity index (χ3n) is 2.54. The summed E-state index contributed by atoms with van der Waals surface area (Å²) in [4.78, 5) is 4.36. The molecular weight excluding hydrogens is 174 g/mol. The van der Waals surface area contributed by atoms with Crippen LogP contribution in [0.3, 0.4) is 0 Å². The van der Waals surface area contributed by atoms with Gasteiger partial charge in [-0.05, 0) is 13.0 Å². The Labute approximate surface area is 86.5 Å². The Kier molecular flexibility index (Phi) is 4.66. The molecule has 0 bridgehead atoms. The second-order valence-electron chi connectivity index (χ2n) is 3.93. The molecule has 0 aromatic carbocycles. The summed E-state index contributed by atoms with van der Waals surface area (Å²) in [5.41, 5.74) is 1.18. The maximum atomic E-state index is 4.36. The average molecular weight is 195 g/mol. The SMILES string of the molecule is CCC(C)Cn1cnc(CCNC)c1. The van der Waals surface area contributed by atoms with Gasteiger partial charge in [-0.1, -0.05) is 20.3 Å². The zero-order valence-corrected chi connectivity index (χ0v) is 9.45. The highest BCUT2D eigenvalue weighted by Gasteiger charge is 2.02. The number of nitrogens with zero attached hydrogens (tertiary/aromatic N) is 2. The summed E-state index contributed by atoms with van der Waals surface area (Å²) in [6, 6.07) is 0. The first-order valence-corrected chi connectivity index (χ1v) is 5.41. The Morgan fingerprint density at radius 2 is 2.36 bits per heavy atom. The van der Waals surface area contributed by atoms with E-state index in [9.17, 15) is 0 Å². The van der Waals surface area contributed by atoms with Gasteiger partial charge in [-0.15, -0.1) is 0 Å². The summed E-state index contributed by atoms with van der Waals surface area (Å²) in [5.74, 6) is 0.737. The molecule has 0 amide bonds. The quantitative estimate of drug-likeness (QED) is 0.748. The highest BCUT2D eigenvalue weighted by atomic mass is 15.0. The van der Waals surface area contributed by atoms with Gasteiger partial charge in [-0.25, -0.2) is 4.98 Å². The van der Waals surface area contributed by atoms with Crippen LogP contribution in [0.5, 0.6) is 0 Å². The number of hydrogen-bond donors (Lipinski definition) is 1. The molecule has 0 radical (unpaired) electrons. The molecule has 1 heterocycles. The van der Waals surface area contributed by atoms with Crippen LogP contribution >= 0.6 is 0 Å². The average Bonchev–Trinajstić information content (AvgIpc) is 2.62. The highest BCUT2D eigenvalue weighted by Crippen LogP contribution is 2.06. The summed E-state index contributed by atoms with van der Waals surface area (Å²) >= 11 is 0. The van der Waals surface area contributed by atoms with Crippen molar-refractivity contribution in [2.75, 3.05) is 13.6 Å². The molecular formula is C11H21N3. The molecule has 1 atom stereocenters. The normalized spacial score (nSPS) is 13.1. The minimum Gasteiger partial charge on any atom is -0.337 e. The lowest BCUT2D eigenvalue weighted by atomic mass is 10.1. The van der Waals surface area contributed by atoms with Crippen molar-refractivity contribution in [1.29, 1.82) is 0 Å². The maximum Gasteiger partial charge on any atom is 0.0949 e. The first-order chi connectivity index (χ1) is 6.76. The van der Waals surface area contributed by atoms with E-state index in [0.29, 0.717) is 0 Å². The van der Waals surface area contributed by atoms with E-state index in [4.69, 9.17) is 0 Å². The molecule has 1 N–H and O–H groups in total. The zero-order valence-electron chi connectivity index (χ0n) is 9.45. The van der Waals surface area contributed by atoms with Crippen molar-refractivity contribution >= 4 is 0 Å². The molecule has 1 aromatic heterocycles. The minimum absolute atomic E-state index is 0.737. The van der Waals surface area contributed by atoms with Crippen LogP contribution in [0.2, 0.25) is 0 Å². The molecule has 0 aliphatic carbocycles. The highest BCUT2D eigenvalue weighted by molar-refractivity contribution is 4.97. The van der Waals surface area contributed by atoms with Crippen LogP contribution < -0.4 is 5.32 Å². The topological polar surface area (TPSA) is 29.9 Å². The third kappa shape index (κ3) is 3.50. The molecule has 80 valence electrons. The molecule has 14 heavy (non-hydrogen) atoms. The van der Waals surface area contributed by atoms with Crippen LogP contribution in [-0.4, -0.2) is 23.1 Å². The second kappa shape index (κ2) is 5.81. The largest absolute Gasteiger partial charge is 0.337 e. The summed E-state index contributed by atoms with van der Waals surface area (Å²) in [6.07, 6.45) is 6.34. The van der Waals surface area contributed by atoms with Crippen LogP contribution in [0.1, 0.15) is 26.0 Å². The van der Waals surface area contributed by atoms with Crippen LogP contribution in [0, 0.1) is 5.92 Å². The van der Waals surface area contributed by atoms with E-state index in [0.717, 1.165) is 25.4 Å². The van der Waals surface area contributed by atoms with Gasteiger partial charge in [0.2, 0.25) is 0 Å². The van der Waals surface area contributed by atoms with Gasteiger partial charge < -0.3 is 9.88 Å². The molecule has 0 aliphatic heterocycles. The van der Waals surface area contributed by atoms with Gasteiger partial charge in [0.05, 0.1) is 12.0 Å². The van der Waals surface area contributed by atoms with Crippen LogP contribution in [0.15, 0.2) is 12.5 Å². The van der Waals surface area contributed by atoms with Gasteiger partial charge in [-0.3, -0.25) is 0 Å². The lowest BCUT2D eigenvalue weighted by molar-refractivity contribution is 0.468. The molecule has 0 saturated carbocycles. The number of aromatic nitrogens is 2. The van der Waals surface area contributed by atoms with Gasteiger partial charge in [0.1, 0.15) is 0 Å². The molecule has 3 heteroatoms. The second-order valence-corrected chi connectivity index (χ2v) is 3.93. The van der Waals surface area contributed by atoms with E-state index in [1.807, 2.05) is 13.4 Å². The molecule has 0 aliphatic rings. The van der Waals surface area contributed by atoms with Crippen molar-refractivity contribution in [3.05, 3.63) is 18.2 Å². The van der Waals surface area contributed by atoms with Gasteiger partial charge >= 0.3 is 0 Å². The Bertz CT molecular complexity index is 255. The Morgan fingerprint density at radius 3 is 3.00 bits per heavy atom. The fraction of sp³-hybridized carbons (Fsp3) is 0.727. The fourth-order valence-electron chi connectivity index (χ4n) is 1.38. The lowest BCUT2D eigenvalue weighted by Gasteiger charge is -2.07. The van der Waals surface area contributed by atoms with Gasteiger partial charge in [-0.2, -0.15) is 0 Å². The third-order valence-corrected chi connectivity index (χ3v) is 2.54. The Balaban J connectivity index is 2.42. The number of nitrogens with one attached hydrogen (secondary N) is 1.